The first kappa shape index (κ1) is 21.9. The molecule has 0 radical (unpaired) electrons. The Labute approximate surface area is 169 Å². The predicted molar refractivity (Wildman–Crippen MR) is 108 cm³/mol. The molecule has 3 N–H and O–H groups in total. The van der Waals surface area contributed by atoms with E-state index in [4.69, 9.17) is 4.74 Å². The van der Waals surface area contributed by atoms with Gasteiger partial charge in [0, 0.05) is 6.54 Å². The van der Waals surface area contributed by atoms with Gasteiger partial charge in [0.25, 0.3) is 5.91 Å². The number of fused-ring (bicyclic) bond motifs is 1. The molecule has 2 aromatic carbocycles. The van der Waals surface area contributed by atoms with Crippen molar-refractivity contribution in [3.05, 3.63) is 48.0 Å². The van der Waals surface area contributed by atoms with Crippen LogP contribution < -0.4 is 16.0 Å². The molecule has 0 fully saturated rings. The van der Waals surface area contributed by atoms with E-state index in [-0.39, 0.29) is 31.3 Å². The van der Waals surface area contributed by atoms with Crippen molar-refractivity contribution in [2.24, 2.45) is 0 Å². The van der Waals surface area contributed by atoms with Crippen molar-refractivity contribution in [2.75, 3.05) is 26.2 Å². The summed E-state index contributed by atoms with van der Waals surface area (Å²) < 4.78 is 4.79. The molecule has 0 unspecified atom stereocenters. The van der Waals surface area contributed by atoms with Gasteiger partial charge in [0.05, 0.1) is 13.0 Å². The van der Waals surface area contributed by atoms with E-state index < -0.39 is 18.5 Å². The van der Waals surface area contributed by atoms with Gasteiger partial charge in [-0.15, -0.1) is 0 Å². The highest BCUT2D eigenvalue weighted by Gasteiger charge is 2.12. The number of nitrogens with one attached hydrogen (secondary N) is 3. The van der Waals surface area contributed by atoms with Crippen molar-refractivity contribution in [3.63, 3.8) is 0 Å². The van der Waals surface area contributed by atoms with Crippen LogP contribution in [0.1, 0.15) is 18.9 Å². The van der Waals surface area contributed by atoms with Gasteiger partial charge in [-0.2, -0.15) is 0 Å². The standard InChI is InChI=1S/C21H25N3O5/c1-2-10-22-19(26)12-23-20(27)14-29-21(28)13-24-18(25)11-16-8-5-7-15-6-3-4-9-17(15)16/h3-9H,2,10-14H2,1H3,(H,22,26)(H,23,27)(H,24,25). The maximum atomic E-state index is 12.1. The third-order valence-corrected chi connectivity index (χ3v) is 4.04. The number of hydrogen-bond donors (Lipinski definition) is 3. The lowest BCUT2D eigenvalue weighted by molar-refractivity contribution is -0.148. The summed E-state index contributed by atoms with van der Waals surface area (Å²) in [7, 11) is 0. The Morgan fingerprint density at radius 2 is 1.55 bits per heavy atom. The van der Waals surface area contributed by atoms with Gasteiger partial charge >= 0.3 is 5.97 Å². The average Bonchev–Trinajstić information content (AvgIpc) is 2.73. The van der Waals surface area contributed by atoms with Crippen molar-refractivity contribution in [1.82, 2.24) is 16.0 Å². The van der Waals surface area contributed by atoms with Crippen molar-refractivity contribution in [1.29, 1.82) is 0 Å². The Kier molecular flexibility index (Phi) is 8.62. The molecule has 2 rings (SSSR count). The molecule has 2 aromatic rings. The average molecular weight is 399 g/mol. The van der Waals surface area contributed by atoms with Crippen molar-refractivity contribution in [2.45, 2.75) is 19.8 Å². The molecular formula is C21H25N3O5. The van der Waals surface area contributed by atoms with Crippen LogP contribution in [0.3, 0.4) is 0 Å². The second kappa shape index (κ2) is 11.4. The number of carbonyl (C=O) groups excluding carboxylic acids is 4. The zero-order valence-electron chi connectivity index (χ0n) is 16.3. The molecule has 0 heterocycles. The molecule has 0 saturated heterocycles. The van der Waals surface area contributed by atoms with E-state index in [1.54, 1.807) is 0 Å². The van der Waals surface area contributed by atoms with Crippen LogP contribution in [0.5, 0.6) is 0 Å². The van der Waals surface area contributed by atoms with E-state index in [0.717, 1.165) is 22.8 Å². The van der Waals surface area contributed by atoms with E-state index in [9.17, 15) is 19.2 Å². The van der Waals surface area contributed by atoms with E-state index in [0.29, 0.717) is 6.54 Å². The lowest BCUT2D eigenvalue weighted by Gasteiger charge is -2.09. The number of amides is 3. The van der Waals surface area contributed by atoms with Crippen LogP contribution in [0, 0.1) is 0 Å². The largest absolute Gasteiger partial charge is 0.454 e. The van der Waals surface area contributed by atoms with Gasteiger partial charge < -0.3 is 20.7 Å². The summed E-state index contributed by atoms with van der Waals surface area (Å²) in [5, 5.41) is 9.45. The number of rotatable bonds is 10. The van der Waals surface area contributed by atoms with Crippen LogP contribution in [-0.4, -0.2) is 49.9 Å². The van der Waals surface area contributed by atoms with Crippen LogP contribution in [0.25, 0.3) is 10.8 Å². The Balaban J connectivity index is 1.68. The maximum Gasteiger partial charge on any atom is 0.325 e. The van der Waals surface area contributed by atoms with Gasteiger partial charge in [-0.05, 0) is 22.8 Å². The monoisotopic (exact) mass is 399 g/mol. The second-order valence-electron chi connectivity index (χ2n) is 6.38. The molecule has 8 heteroatoms. The fraction of sp³-hybridized carbons (Fsp3) is 0.333. The van der Waals surface area contributed by atoms with Gasteiger partial charge in [-0.3, -0.25) is 19.2 Å². The van der Waals surface area contributed by atoms with Crippen LogP contribution in [0.4, 0.5) is 0 Å². The first-order valence-electron chi connectivity index (χ1n) is 9.42. The van der Waals surface area contributed by atoms with Crippen LogP contribution >= 0.6 is 0 Å². The number of ether oxygens (including phenoxy) is 1. The first-order chi connectivity index (χ1) is 14.0. The molecule has 3 amide bonds. The van der Waals surface area contributed by atoms with Gasteiger partial charge in [0.2, 0.25) is 11.8 Å². The molecule has 0 saturated carbocycles. The van der Waals surface area contributed by atoms with Crippen molar-refractivity contribution < 1.29 is 23.9 Å². The second-order valence-corrected chi connectivity index (χ2v) is 6.38. The summed E-state index contributed by atoms with van der Waals surface area (Å²) >= 11 is 0. The molecule has 0 aromatic heterocycles. The lowest BCUT2D eigenvalue weighted by atomic mass is 10.0. The molecule has 0 bridgehead atoms. The summed E-state index contributed by atoms with van der Waals surface area (Å²) in [6.07, 6.45) is 0.922. The molecule has 29 heavy (non-hydrogen) atoms. The van der Waals surface area contributed by atoms with Gasteiger partial charge in [-0.1, -0.05) is 49.4 Å². The molecule has 8 nitrogen and oxygen atoms in total. The Hall–Kier alpha value is -3.42. The Morgan fingerprint density at radius 1 is 0.828 bits per heavy atom. The van der Waals surface area contributed by atoms with Crippen LogP contribution in [0.2, 0.25) is 0 Å². The SMILES string of the molecule is CCCNC(=O)CNC(=O)COC(=O)CNC(=O)Cc1cccc2ccccc12. The minimum absolute atomic E-state index is 0.127. The first-order valence-corrected chi connectivity index (χ1v) is 9.42. The Morgan fingerprint density at radius 3 is 2.34 bits per heavy atom. The van der Waals surface area contributed by atoms with Gasteiger partial charge in [0.1, 0.15) is 6.54 Å². The molecular weight excluding hydrogens is 374 g/mol. The normalized spacial score (nSPS) is 10.2. The van der Waals surface area contributed by atoms with Crippen LogP contribution in [-0.2, 0) is 30.3 Å². The fourth-order valence-electron chi connectivity index (χ4n) is 2.61. The van der Waals surface area contributed by atoms with E-state index >= 15 is 0 Å². The minimum atomic E-state index is -0.734. The minimum Gasteiger partial charge on any atom is -0.454 e. The molecule has 0 aliphatic rings. The molecule has 154 valence electrons. The van der Waals surface area contributed by atoms with E-state index in [2.05, 4.69) is 16.0 Å². The fourth-order valence-corrected chi connectivity index (χ4v) is 2.61. The molecule has 0 aliphatic heterocycles. The number of hydrogen-bond acceptors (Lipinski definition) is 5. The summed E-state index contributed by atoms with van der Waals surface area (Å²) in [5.41, 5.74) is 0.856. The predicted octanol–water partition coefficient (Wildman–Crippen LogP) is 0.684. The third-order valence-electron chi connectivity index (χ3n) is 4.04. The van der Waals surface area contributed by atoms with Crippen molar-refractivity contribution >= 4 is 34.5 Å². The van der Waals surface area contributed by atoms with Gasteiger partial charge in [0.15, 0.2) is 6.61 Å². The highest BCUT2D eigenvalue weighted by molar-refractivity contribution is 5.91. The summed E-state index contributed by atoms with van der Waals surface area (Å²) in [6, 6.07) is 13.4. The molecule has 0 atom stereocenters. The highest BCUT2D eigenvalue weighted by atomic mass is 16.5. The zero-order chi connectivity index (χ0) is 21.1. The summed E-state index contributed by atoms with van der Waals surface area (Å²) in [4.78, 5) is 46.8. The molecule has 0 spiro atoms. The van der Waals surface area contributed by atoms with Crippen LogP contribution in [0.15, 0.2) is 42.5 Å². The number of benzene rings is 2. The Bertz CT molecular complexity index is 876. The highest BCUT2D eigenvalue weighted by Crippen LogP contribution is 2.18. The smallest absolute Gasteiger partial charge is 0.325 e. The summed E-state index contributed by atoms with van der Waals surface area (Å²) in [5.74, 6) is -1.96. The van der Waals surface area contributed by atoms with E-state index in [1.165, 1.54) is 0 Å². The maximum absolute atomic E-state index is 12.1. The topological polar surface area (TPSA) is 114 Å². The van der Waals surface area contributed by atoms with Gasteiger partial charge in [-0.25, -0.2) is 0 Å². The van der Waals surface area contributed by atoms with E-state index in [1.807, 2.05) is 49.4 Å². The zero-order valence-corrected chi connectivity index (χ0v) is 16.3. The quantitative estimate of drug-likeness (QED) is 0.509. The summed E-state index contributed by atoms with van der Waals surface area (Å²) in [6.45, 7) is 1.41. The number of carbonyl (C=O) groups is 4. The number of esters is 1. The van der Waals surface area contributed by atoms with Crippen molar-refractivity contribution in [3.8, 4) is 0 Å². The lowest BCUT2D eigenvalue weighted by Crippen LogP contribution is -2.39. The third kappa shape index (κ3) is 7.61. The molecule has 0 aliphatic carbocycles.